The van der Waals surface area contributed by atoms with Crippen LogP contribution in [-0.2, 0) is 16.8 Å². The van der Waals surface area contributed by atoms with Gasteiger partial charge >= 0.3 is 5.97 Å². The number of aromatic amines is 1. The summed E-state index contributed by atoms with van der Waals surface area (Å²) in [6.07, 6.45) is 1.28. The molecular formula is C25H24N2O2. The number of rotatable bonds is 4. The van der Waals surface area contributed by atoms with Gasteiger partial charge in [0.1, 0.15) is 0 Å². The fraction of sp³-hybridized carbons (Fsp3) is 0.240. The van der Waals surface area contributed by atoms with E-state index in [-0.39, 0.29) is 0 Å². The van der Waals surface area contributed by atoms with Crippen LogP contribution in [0.1, 0.15) is 24.0 Å². The molecule has 1 aromatic heterocycles. The highest BCUT2D eigenvalue weighted by molar-refractivity contribution is 6.07. The summed E-state index contributed by atoms with van der Waals surface area (Å²) in [7, 11) is 0. The molecule has 3 aromatic carbocycles. The summed E-state index contributed by atoms with van der Waals surface area (Å²) in [5.41, 5.74) is 3.74. The van der Waals surface area contributed by atoms with Crippen LogP contribution in [0.4, 0.5) is 0 Å². The maximum Gasteiger partial charge on any atom is 0.314 e. The second-order valence-corrected chi connectivity index (χ2v) is 8.08. The van der Waals surface area contributed by atoms with Gasteiger partial charge in [-0.1, -0.05) is 54.6 Å². The van der Waals surface area contributed by atoms with Gasteiger partial charge in [-0.15, -0.1) is 0 Å². The van der Waals surface area contributed by atoms with E-state index in [1.165, 1.54) is 16.3 Å². The zero-order valence-electron chi connectivity index (χ0n) is 16.3. The predicted octanol–water partition coefficient (Wildman–Crippen LogP) is 4.94. The number of fused-ring (bicyclic) bond motifs is 3. The Morgan fingerprint density at radius 2 is 1.59 bits per heavy atom. The quantitative estimate of drug-likeness (QED) is 0.524. The lowest BCUT2D eigenvalue weighted by atomic mass is 9.73. The van der Waals surface area contributed by atoms with Crippen LogP contribution in [0.2, 0.25) is 0 Å². The van der Waals surface area contributed by atoms with E-state index in [9.17, 15) is 9.90 Å². The smallest absolute Gasteiger partial charge is 0.314 e. The number of H-pyrrole nitrogens is 1. The summed E-state index contributed by atoms with van der Waals surface area (Å²) in [6.45, 7) is 2.42. The van der Waals surface area contributed by atoms with Crippen molar-refractivity contribution in [1.29, 1.82) is 0 Å². The highest BCUT2D eigenvalue weighted by atomic mass is 16.4. The molecule has 0 radical (unpaired) electrons. The Morgan fingerprint density at radius 1 is 0.897 bits per heavy atom. The van der Waals surface area contributed by atoms with Crippen molar-refractivity contribution >= 4 is 27.8 Å². The van der Waals surface area contributed by atoms with Gasteiger partial charge in [-0.3, -0.25) is 9.69 Å². The van der Waals surface area contributed by atoms with E-state index in [4.69, 9.17) is 0 Å². The van der Waals surface area contributed by atoms with Gasteiger partial charge in [0.15, 0.2) is 0 Å². The minimum absolute atomic E-state index is 0.641. The number of aromatic nitrogens is 1. The molecule has 5 rings (SSSR count). The molecule has 0 unspecified atom stereocenters. The zero-order valence-corrected chi connectivity index (χ0v) is 16.3. The van der Waals surface area contributed by atoms with E-state index in [1.54, 1.807) is 0 Å². The van der Waals surface area contributed by atoms with Gasteiger partial charge in [-0.2, -0.15) is 0 Å². The zero-order chi connectivity index (χ0) is 19.8. The Hall–Kier alpha value is -3.11. The van der Waals surface area contributed by atoms with Crippen molar-refractivity contribution in [1.82, 2.24) is 9.88 Å². The third-order valence-corrected chi connectivity index (χ3v) is 6.42. The third kappa shape index (κ3) is 3.10. The van der Waals surface area contributed by atoms with Crippen LogP contribution < -0.4 is 0 Å². The summed E-state index contributed by atoms with van der Waals surface area (Å²) < 4.78 is 0. The number of piperidine rings is 1. The van der Waals surface area contributed by atoms with Crippen LogP contribution in [0.25, 0.3) is 21.8 Å². The molecule has 2 heterocycles. The summed E-state index contributed by atoms with van der Waals surface area (Å²) in [4.78, 5) is 18.0. The lowest BCUT2D eigenvalue weighted by Crippen LogP contribution is -2.47. The van der Waals surface area contributed by atoms with Crippen molar-refractivity contribution in [2.75, 3.05) is 13.1 Å². The molecule has 1 fully saturated rings. The highest BCUT2D eigenvalue weighted by Gasteiger charge is 2.42. The minimum atomic E-state index is -0.765. The molecule has 1 saturated heterocycles. The van der Waals surface area contributed by atoms with E-state index in [0.717, 1.165) is 36.2 Å². The molecule has 4 heteroatoms. The van der Waals surface area contributed by atoms with Gasteiger partial charge in [-0.25, -0.2) is 0 Å². The number of nitrogens with one attached hydrogen (secondary N) is 1. The molecule has 0 spiro atoms. The highest BCUT2D eigenvalue weighted by Crippen LogP contribution is 2.36. The molecule has 0 saturated carbocycles. The molecule has 29 heavy (non-hydrogen) atoms. The Kier molecular flexibility index (Phi) is 4.36. The molecule has 4 aromatic rings. The van der Waals surface area contributed by atoms with E-state index in [1.807, 2.05) is 36.4 Å². The molecule has 0 bridgehead atoms. The van der Waals surface area contributed by atoms with E-state index in [2.05, 4.69) is 46.3 Å². The number of aliphatic carboxylic acids is 1. The van der Waals surface area contributed by atoms with Gasteiger partial charge in [0, 0.05) is 28.4 Å². The van der Waals surface area contributed by atoms with Gasteiger partial charge < -0.3 is 10.1 Å². The summed E-state index contributed by atoms with van der Waals surface area (Å²) in [5, 5.41) is 12.5. The first-order valence-electron chi connectivity index (χ1n) is 10.2. The number of likely N-dealkylation sites (tertiary alicyclic amines) is 1. The Labute approximate surface area is 169 Å². The predicted molar refractivity (Wildman–Crippen MR) is 116 cm³/mol. The Balaban J connectivity index is 1.36. The van der Waals surface area contributed by atoms with Crippen LogP contribution in [0.15, 0.2) is 72.8 Å². The van der Waals surface area contributed by atoms with E-state index in [0.29, 0.717) is 12.8 Å². The number of carboxylic acid groups (broad SMARTS) is 1. The number of hydrogen-bond acceptors (Lipinski definition) is 2. The molecule has 1 aliphatic rings. The topological polar surface area (TPSA) is 56.3 Å². The normalized spacial score (nSPS) is 17.0. The molecular weight excluding hydrogens is 360 g/mol. The van der Waals surface area contributed by atoms with Gasteiger partial charge in [-0.05, 0) is 55.3 Å². The maximum atomic E-state index is 12.2. The molecule has 146 valence electrons. The first-order valence-corrected chi connectivity index (χ1v) is 10.2. The fourth-order valence-corrected chi connectivity index (χ4v) is 4.73. The largest absolute Gasteiger partial charge is 0.481 e. The molecule has 0 amide bonds. The van der Waals surface area contributed by atoms with E-state index < -0.39 is 11.4 Å². The van der Waals surface area contributed by atoms with Gasteiger partial charge in [0.2, 0.25) is 0 Å². The van der Waals surface area contributed by atoms with Gasteiger partial charge in [0.05, 0.1) is 5.41 Å². The summed E-state index contributed by atoms with van der Waals surface area (Å²) >= 11 is 0. The lowest BCUT2D eigenvalue weighted by Gasteiger charge is -2.39. The van der Waals surface area contributed by atoms with Crippen molar-refractivity contribution in [3.63, 3.8) is 0 Å². The first kappa shape index (κ1) is 18.0. The first-order chi connectivity index (χ1) is 14.2. The molecule has 1 aliphatic heterocycles. The van der Waals surface area contributed by atoms with Gasteiger partial charge in [0.25, 0.3) is 0 Å². The third-order valence-electron chi connectivity index (χ3n) is 6.42. The number of benzene rings is 3. The Morgan fingerprint density at radius 3 is 2.34 bits per heavy atom. The average Bonchev–Trinajstić information content (AvgIpc) is 3.13. The minimum Gasteiger partial charge on any atom is -0.481 e. The second kappa shape index (κ2) is 7.05. The fourth-order valence-electron chi connectivity index (χ4n) is 4.73. The number of hydrogen-bond donors (Lipinski definition) is 2. The monoisotopic (exact) mass is 384 g/mol. The number of carboxylic acids is 1. The van der Waals surface area contributed by atoms with Crippen LogP contribution in [-0.4, -0.2) is 34.0 Å². The molecule has 4 nitrogen and oxygen atoms in total. The standard InChI is InChI=1S/C25H24N2O2/c28-24(29)25(19-6-2-1-3-7-19)12-14-27(15-13-25)17-18-10-11-23-21(16-18)20-8-4-5-9-22(20)26-23/h1-11,16,26H,12-15,17H2,(H,28,29). The van der Waals surface area contributed by atoms with Crippen LogP contribution in [0.3, 0.4) is 0 Å². The maximum absolute atomic E-state index is 12.2. The number of para-hydroxylation sites is 1. The van der Waals surface area contributed by atoms with Crippen molar-refractivity contribution < 1.29 is 9.90 Å². The molecule has 0 aliphatic carbocycles. The van der Waals surface area contributed by atoms with Crippen molar-refractivity contribution in [2.45, 2.75) is 24.8 Å². The van der Waals surface area contributed by atoms with Crippen LogP contribution in [0, 0.1) is 0 Å². The number of nitrogens with zero attached hydrogens (tertiary/aromatic N) is 1. The van der Waals surface area contributed by atoms with Crippen LogP contribution >= 0.6 is 0 Å². The summed E-state index contributed by atoms with van der Waals surface area (Å²) in [6, 6.07) is 24.7. The van der Waals surface area contributed by atoms with Crippen LogP contribution in [0.5, 0.6) is 0 Å². The summed E-state index contributed by atoms with van der Waals surface area (Å²) in [5.74, 6) is -0.705. The number of carbonyl (C=O) groups is 1. The van der Waals surface area contributed by atoms with Crippen molar-refractivity contribution in [3.05, 3.63) is 83.9 Å². The van der Waals surface area contributed by atoms with E-state index >= 15 is 0 Å². The second-order valence-electron chi connectivity index (χ2n) is 8.08. The SMILES string of the molecule is O=C(O)C1(c2ccccc2)CCN(Cc2ccc3[nH]c4ccccc4c3c2)CC1. The molecule has 0 atom stereocenters. The van der Waals surface area contributed by atoms with Crippen molar-refractivity contribution in [2.24, 2.45) is 0 Å². The Bertz CT molecular complexity index is 1170. The van der Waals surface area contributed by atoms with Crippen molar-refractivity contribution in [3.8, 4) is 0 Å². The average molecular weight is 384 g/mol. The lowest BCUT2D eigenvalue weighted by molar-refractivity contribution is -0.146. The molecule has 2 N–H and O–H groups in total.